The first-order chi connectivity index (χ1) is 46.1. The molecule has 98 heavy (non-hydrogen) atoms. The number of pyridine rings is 3. The van der Waals surface area contributed by atoms with Crippen LogP contribution in [0, 0.1) is 47.0 Å². The second-order valence-corrected chi connectivity index (χ2v) is 26.3. The summed E-state index contributed by atoms with van der Waals surface area (Å²) >= 11 is 3.25. The van der Waals surface area contributed by atoms with E-state index in [1.807, 2.05) is 99.0 Å². The van der Waals surface area contributed by atoms with Crippen LogP contribution in [-0.2, 0) is 25.3 Å². The molecule has 9 aromatic rings. The molecule has 510 valence electrons. The number of aryl methyl sites for hydroxylation is 4. The van der Waals surface area contributed by atoms with Crippen molar-refractivity contribution < 1.29 is 48.9 Å². The van der Waals surface area contributed by atoms with Gasteiger partial charge in [0.1, 0.15) is 18.1 Å². The fraction of sp³-hybridized carbons (Fsp3) is 0.256. The molecule has 1 aliphatic heterocycles. The van der Waals surface area contributed by atoms with Crippen LogP contribution in [-0.4, -0.2) is 97.0 Å². The SMILES string of the molecule is Brc1cccnc1.C.C[C@](N)(CO)C(=O)O.Cc1ccc(C=O)cc1/C=C/c1cccc(-c2cccnc2)c1C.Cc1ccc(C=O)cc1/C=C/c1cccc(B2OC(C)(C)C(C)(C)O2)c1C.Cc1ccc(CC[C@@](C)(CO)C(=O)O)cc1/C=C/c1cccc(-c2cccnc2)c1C. The number of hydrogen-bond acceptors (Lipinski definition) is 12. The zero-order valence-electron chi connectivity index (χ0n) is 57.4. The van der Waals surface area contributed by atoms with Crippen LogP contribution < -0.4 is 11.2 Å². The Balaban J connectivity index is 0.000000239. The lowest BCUT2D eigenvalue weighted by atomic mass is 9.75. The van der Waals surface area contributed by atoms with E-state index in [1.165, 1.54) is 23.6 Å². The summed E-state index contributed by atoms with van der Waals surface area (Å²) in [6.45, 7) is 22.7. The molecule has 0 radical (unpaired) electrons. The van der Waals surface area contributed by atoms with Crippen molar-refractivity contribution in [3.8, 4) is 22.3 Å². The number of nitrogens with two attached hydrogens (primary N) is 1. The number of rotatable bonds is 18. The lowest BCUT2D eigenvalue weighted by molar-refractivity contribution is -0.150. The van der Waals surface area contributed by atoms with Gasteiger partial charge >= 0.3 is 19.1 Å². The minimum Gasteiger partial charge on any atom is -0.481 e. The van der Waals surface area contributed by atoms with Crippen LogP contribution in [0.3, 0.4) is 0 Å². The number of carbonyl (C=O) groups is 4. The van der Waals surface area contributed by atoms with E-state index < -0.39 is 29.5 Å². The number of aliphatic carboxylic acids is 2. The van der Waals surface area contributed by atoms with Crippen molar-refractivity contribution in [2.45, 2.75) is 120 Å². The number of nitrogens with zero attached hydrogens (tertiary/aromatic N) is 3. The van der Waals surface area contributed by atoms with Crippen molar-refractivity contribution in [2.75, 3.05) is 13.2 Å². The summed E-state index contributed by atoms with van der Waals surface area (Å²) in [6, 6.07) is 48.2. The van der Waals surface area contributed by atoms with E-state index in [-0.39, 0.29) is 32.4 Å². The largest absolute Gasteiger partial charge is 0.495 e. The molecule has 0 spiro atoms. The minimum atomic E-state index is -1.49. The van der Waals surface area contributed by atoms with Crippen molar-refractivity contribution in [3.63, 3.8) is 0 Å². The smallest absolute Gasteiger partial charge is 0.481 e. The average molecular weight is 1380 g/mol. The first-order valence-electron chi connectivity index (χ1n) is 31.8. The number of aromatic nitrogens is 3. The van der Waals surface area contributed by atoms with E-state index in [4.69, 9.17) is 25.3 Å². The number of aliphatic hydroxyl groups is 2. The van der Waals surface area contributed by atoms with E-state index in [0.717, 1.165) is 100 Å². The van der Waals surface area contributed by atoms with Crippen LogP contribution in [0.1, 0.15) is 148 Å². The Bertz CT molecular complexity index is 4220. The van der Waals surface area contributed by atoms with Gasteiger partial charge in [0.25, 0.3) is 0 Å². The Kier molecular flexibility index (Phi) is 29.8. The highest BCUT2D eigenvalue weighted by atomic mass is 79.9. The molecule has 0 saturated carbocycles. The monoisotopic (exact) mass is 1380 g/mol. The van der Waals surface area contributed by atoms with Crippen molar-refractivity contribution in [3.05, 3.63) is 271 Å². The highest BCUT2D eigenvalue weighted by molar-refractivity contribution is 9.10. The van der Waals surface area contributed by atoms with Crippen molar-refractivity contribution in [1.82, 2.24) is 15.0 Å². The predicted octanol–water partition coefficient (Wildman–Crippen LogP) is 16.7. The average Bonchev–Trinajstić information content (AvgIpc) is 1.61. The molecule has 10 rings (SSSR count). The summed E-state index contributed by atoms with van der Waals surface area (Å²) in [5.74, 6) is -2.16. The molecular weight excluding hydrogens is 1290 g/mol. The number of aldehydes is 2. The third kappa shape index (κ3) is 22.1. The van der Waals surface area contributed by atoms with Crippen molar-refractivity contribution in [2.24, 2.45) is 11.1 Å². The van der Waals surface area contributed by atoms with Gasteiger partial charge in [-0.05, 0) is 237 Å². The first kappa shape index (κ1) is 79.3. The number of halogens is 1. The van der Waals surface area contributed by atoms with Gasteiger partial charge in [0.2, 0.25) is 0 Å². The Labute approximate surface area is 587 Å². The molecule has 1 saturated heterocycles. The van der Waals surface area contributed by atoms with E-state index in [2.05, 4.69) is 196 Å². The zero-order valence-corrected chi connectivity index (χ0v) is 59.0. The summed E-state index contributed by atoms with van der Waals surface area (Å²) in [5, 5.41) is 35.3. The second-order valence-electron chi connectivity index (χ2n) is 25.4. The molecule has 2 atom stereocenters. The zero-order chi connectivity index (χ0) is 71.1. The maximum Gasteiger partial charge on any atom is 0.495 e. The van der Waals surface area contributed by atoms with E-state index in [1.54, 1.807) is 31.7 Å². The van der Waals surface area contributed by atoms with Crippen LogP contribution in [0.2, 0.25) is 0 Å². The number of hydrogen-bond donors (Lipinski definition) is 5. The van der Waals surface area contributed by atoms with Crippen LogP contribution >= 0.6 is 15.9 Å². The Morgan fingerprint density at radius 1 is 0.520 bits per heavy atom. The highest BCUT2D eigenvalue weighted by Gasteiger charge is 2.52. The molecule has 1 fully saturated rings. The Morgan fingerprint density at radius 2 is 0.929 bits per heavy atom. The molecule has 14 nitrogen and oxygen atoms in total. The van der Waals surface area contributed by atoms with E-state index >= 15 is 0 Å². The van der Waals surface area contributed by atoms with Crippen LogP contribution in [0.4, 0.5) is 0 Å². The summed E-state index contributed by atoms with van der Waals surface area (Å²) in [4.78, 5) is 55.7. The maximum atomic E-state index is 11.4. The Hall–Kier alpha value is -9.39. The van der Waals surface area contributed by atoms with Gasteiger partial charge in [-0.25, -0.2) is 0 Å². The molecule has 0 amide bonds. The van der Waals surface area contributed by atoms with Crippen molar-refractivity contribution >= 4 is 89.5 Å². The van der Waals surface area contributed by atoms with E-state index in [0.29, 0.717) is 24.0 Å². The van der Waals surface area contributed by atoms with Gasteiger partial charge in [-0.1, -0.05) is 153 Å². The van der Waals surface area contributed by atoms with Crippen LogP contribution in [0.25, 0.3) is 58.7 Å². The fourth-order valence-corrected chi connectivity index (χ4v) is 10.2. The standard InChI is InChI=1S/C27H29NO3.C23H27BO3.C22H19NO.C5H4BrN.C4H9NO3.CH4/c1-19-9-10-21(13-14-27(3,18-29)26(30)31)16-23(19)12-11-22-6-4-8-25(20(22)2)24-7-5-15-28-17-24;1-16-10-11-18(15-25)14-20(16)13-12-19-8-7-9-21(17(19)2)24-26-22(3,4)23(5,6)27-24;1-16-8-9-18(15-24)13-20(16)11-10-19-5-3-7-22(17(19)2)21-6-4-12-23-14-21;6-5-2-1-3-7-4-5;1-4(5,2-6)3(7)8;/h4-12,15-17,29H,13-14,18H2,1-3H3,(H,30,31);7-15H,1-6H3;3-15H,1-2H3;1-4H;6H,2,5H2,1H3,(H,7,8);1H4/b12-11+;13-12+;11-10+;;;/t27-;;;;4-;/m0...0./s1. The number of carboxylic acids is 2. The van der Waals surface area contributed by atoms with Gasteiger partial charge in [-0.2, -0.15) is 0 Å². The lowest BCUT2D eigenvalue weighted by Crippen LogP contribution is -2.48. The highest BCUT2D eigenvalue weighted by Crippen LogP contribution is 2.37. The normalized spacial score (nSPS) is 13.9. The molecular formula is C82H92BBrN4O10. The molecule has 0 aliphatic carbocycles. The lowest BCUT2D eigenvalue weighted by Gasteiger charge is -2.32. The minimum absolute atomic E-state index is 0. The number of carboxylic acid groups (broad SMARTS) is 2. The van der Waals surface area contributed by atoms with Gasteiger partial charge in [-0.3, -0.25) is 34.1 Å². The van der Waals surface area contributed by atoms with Gasteiger partial charge in [0.15, 0.2) is 0 Å². The number of aliphatic hydroxyl groups excluding tert-OH is 2. The number of carbonyl (C=O) groups excluding carboxylic acids is 2. The van der Waals surface area contributed by atoms with Gasteiger partial charge in [-0.15, -0.1) is 0 Å². The Morgan fingerprint density at radius 3 is 1.29 bits per heavy atom. The predicted molar refractivity (Wildman–Crippen MR) is 404 cm³/mol. The molecule has 6 aromatic carbocycles. The molecule has 16 heteroatoms. The molecule has 0 bridgehead atoms. The van der Waals surface area contributed by atoms with Gasteiger partial charge < -0.3 is 35.5 Å². The van der Waals surface area contributed by atoms with Crippen molar-refractivity contribution in [1.29, 1.82) is 0 Å². The third-order valence-electron chi connectivity index (χ3n) is 17.4. The van der Waals surface area contributed by atoms with Crippen LogP contribution in [0.5, 0.6) is 0 Å². The quantitative estimate of drug-likeness (QED) is 0.0306. The summed E-state index contributed by atoms with van der Waals surface area (Å²) in [5.41, 5.74) is 23.3. The topological polar surface area (TPSA) is 232 Å². The van der Waals surface area contributed by atoms with Crippen LogP contribution in [0.15, 0.2) is 187 Å². The fourth-order valence-electron chi connectivity index (χ4n) is 9.89. The third-order valence-corrected chi connectivity index (χ3v) is 17.9. The molecule has 1 aliphatic rings. The van der Waals surface area contributed by atoms with Gasteiger partial charge in [0.05, 0.1) is 29.8 Å². The maximum absolute atomic E-state index is 11.4. The molecule has 0 unspecified atom stereocenters. The molecule has 3 aromatic heterocycles. The summed E-state index contributed by atoms with van der Waals surface area (Å²) in [6.07, 6.45) is 26.1. The van der Waals surface area contributed by atoms with E-state index in [9.17, 15) is 29.4 Å². The van der Waals surface area contributed by atoms with Gasteiger partial charge in [0, 0.05) is 63.9 Å². The number of benzene rings is 6. The molecule has 6 N–H and O–H groups in total. The summed E-state index contributed by atoms with van der Waals surface area (Å²) in [7, 11) is -0.372. The second kappa shape index (κ2) is 36.8. The molecule has 4 heterocycles. The first-order valence-corrected chi connectivity index (χ1v) is 32.6. The summed E-state index contributed by atoms with van der Waals surface area (Å²) < 4.78 is 13.4.